The standard InChI is InChI=1S/C10H18O6.C4H12Si/c1-9(2,15-7(11)12)5-6-10(3,4)16-8(13)14;1-5(2,3)4/h5-6H2,1-4H3,(H,11,12)(H,13,14);1-4H3. The maximum atomic E-state index is 10.4. The van der Waals surface area contributed by atoms with Crippen molar-refractivity contribution >= 4 is 20.4 Å². The Bertz CT molecular complexity index is 310. The quantitative estimate of drug-likeness (QED) is 0.564. The molecule has 0 aliphatic rings. The van der Waals surface area contributed by atoms with Crippen LogP contribution in [0.15, 0.2) is 0 Å². The van der Waals surface area contributed by atoms with Gasteiger partial charge in [-0.3, -0.25) is 0 Å². The summed E-state index contributed by atoms with van der Waals surface area (Å²) in [7, 11) is -0.611. The van der Waals surface area contributed by atoms with Crippen LogP contribution in [0.5, 0.6) is 0 Å². The summed E-state index contributed by atoms with van der Waals surface area (Å²) in [6.45, 7) is 15.8. The van der Waals surface area contributed by atoms with Gasteiger partial charge in [0, 0.05) is 8.07 Å². The summed E-state index contributed by atoms with van der Waals surface area (Å²) in [5.74, 6) is 0. The van der Waals surface area contributed by atoms with Crippen molar-refractivity contribution in [2.75, 3.05) is 0 Å². The van der Waals surface area contributed by atoms with Gasteiger partial charge >= 0.3 is 12.3 Å². The molecular formula is C14H30O6Si. The van der Waals surface area contributed by atoms with Gasteiger partial charge < -0.3 is 19.7 Å². The molecule has 0 aromatic carbocycles. The molecule has 2 N–H and O–H groups in total. The normalized spacial score (nSPS) is 12.0. The van der Waals surface area contributed by atoms with Crippen LogP contribution in [0.2, 0.25) is 26.2 Å². The van der Waals surface area contributed by atoms with Gasteiger partial charge in [-0.1, -0.05) is 26.2 Å². The van der Waals surface area contributed by atoms with E-state index in [1.165, 1.54) is 0 Å². The minimum atomic E-state index is -1.35. The first-order valence-electron chi connectivity index (χ1n) is 6.88. The molecule has 0 saturated heterocycles. The molecular weight excluding hydrogens is 292 g/mol. The lowest BCUT2D eigenvalue weighted by Gasteiger charge is -2.29. The van der Waals surface area contributed by atoms with Gasteiger partial charge in [0.1, 0.15) is 11.2 Å². The smallest absolute Gasteiger partial charge is 0.450 e. The molecule has 0 aromatic rings. The van der Waals surface area contributed by atoms with E-state index in [1.54, 1.807) is 27.7 Å². The number of hydrogen-bond acceptors (Lipinski definition) is 4. The molecule has 0 rings (SSSR count). The fourth-order valence-electron chi connectivity index (χ4n) is 1.18. The van der Waals surface area contributed by atoms with Crippen LogP contribution in [0.3, 0.4) is 0 Å². The van der Waals surface area contributed by atoms with Crippen molar-refractivity contribution in [3.63, 3.8) is 0 Å². The topological polar surface area (TPSA) is 93.1 Å². The molecule has 0 aliphatic carbocycles. The molecule has 0 unspecified atom stereocenters. The first-order valence-corrected chi connectivity index (χ1v) is 10.9. The third kappa shape index (κ3) is 21.2. The van der Waals surface area contributed by atoms with Crippen LogP contribution in [-0.2, 0) is 9.47 Å². The van der Waals surface area contributed by atoms with Crippen LogP contribution >= 0.6 is 0 Å². The van der Waals surface area contributed by atoms with Crippen molar-refractivity contribution in [3.05, 3.63) is 0 Å². The van der Waals surface area contributed by atoms with Crippen LogP contribution < -0.4 is 0 Å². The number of carboxylic acid groups (broad SMARTS) is 2. The lowest BCUT2D eigenvalue weighted by atomic mass is 9.94. The Kier molecular flexibility index (Phi) is 8.67. The largest absolute Gasteiger partial charge is 0.506 e. The van der Waals surface area contributed by atoms with Gasteiger partial charge in [-0.2, -0.15) is 0 Å². The van der Waals surface area contributed by atoms with Gasteiger partial charge in [-0.25, -0.2) is 9.59 Å². The van der Waals surface area contributed by atoms with E-state index in [9.17, 15) is 9.59 Å². The van der Waals surface area contributed by atoms with Crippen LogP contribution in [0.4, 0.5) is 9.59 Å². The summed E-state index contributed by atoms with van der Waals surface area (Å²) >= 11 is 0. The zero-order valence-corrected chi connectivity index (χ0v) is 15.4. The highest BCUT2D eigenvalue weighted by Gasteiger charge is 2.29. The monoisotopic (exact) mass is 322 g/mol. The average Bonchev–Trinajstić information content (AvgIpc) is 2.08. The Labute approximate surface area is 128 Å². The molecule has 0 aliphatic heterocycles. The second-order valence-electron chi connectivity index (χ2n) is 7.76. The van der Waals surface area contributed by atoms with E-state index in [2.05, 4.69) is 35.7 Å². The molecule has 6 nitrogen and oxygen atoms in total. The van der Waals surface area contributed by atoms with Crippen molar-refractivity contribution < 1.29 is 29.3 Å². The predicted octanol–water partition coefficient (Wildman–Crippen LogP) is 4.67. The zero-order valence-electron chi connectivity index (χ0n) is 14.4. The van der Waals surface area contributed by atoms with E-state index >= 15 is 0 Å². The molecule has 0 heterocycles. The number of carbonyl (C=O) groups is 2. The van der Waals surface area contributed by atoms with Crippen molar-refractivity contribution in [1.29, 1.82) is 0 Å². The molecule has 0 aromatic heterocycles. The Balaban J connectivity index is 0. The van der Waals surface area contributed by atoms with Gasteiger partial charge in [0.2, 0.25) is 0 Å². The maximum Gasteiger partial charge on any atom is 0.506 e. The van der Waals surface area contributed by atoms with Gasteiger partial charge in [-0.15, -0.1) is 0 Å². The van der Waals surface area contributed by atoms with E-state index in [1.807, 2.05) is 0 Å². The van der Waals surface area contributed by atoms with Crippen molar-refractivity contribution in [3.8, 4) is 0 Å². The third-order valence-corrected chi connectivity index (χ3v) is 2.06. The minimum absolute atomic E-state index is 0.375. The first-order chi connectivity index (χ1) is 9.04. The Hall–Kier alpha value is -1.24. The zero-order chi connectivity index (χ0) is 17.5. The average molecular weight is 322 g/mol. The fraction of sp³-hybridized carbons (Fsp3) is 0.857. The molecule has 0 fully saturated rings. The molecule has 0 spiro atoms. The van der Waals surface area contributed by atoms with E-state index in [4.69, 9.17) is 10.2 Å². The van der Waals surface area contributed by atoms with Gasteiger partial charge in [0.25, 0.3) is 0 Å². The van der Waals surface area contributed by atoms with Crippen molar-refractivity contribution in [2.24, 2.45) is 0 Å². The summed E-state index contributed by atoms with van der Waals surface area (Å²) < 4.78 is 9.30. The fourth-order valence-corrected chi connectivity index (χ4v) is 1.18. The Morgan fingerprint density at radius 3 is 1.14 bits per heavy atom. The predicted molar refractivity (Wildman–Crippen MR) is 84.8 cm³/mol. The summed E-state index contributed by atoms with van der Waals surface area (Å²) in [5, 5.41) is 17.0. The second kappa shape index (κ2) is 8.26. The Morgan fingerprint density at radius 1 is 0.810 bits per heavy atom. The van der Waals surface area contributed by atoms with E-state index in [0.29, 0.717) is 12.8 Å². The highest BCUT2D eigenvalue weighted by atomic mass is 28.3. The van der Waals surface area contributed by atoms with Crippen LogP contribution in [0, 0.1) is 0 Å². The van der Waals surface area contributed by atoms with Gasteiger partial charge in [0.15, 0.2) is 0 Å². The maximum absolute atomic E-state index is 10.4. The van der Waals surface area contributed by atoms with Crippen LogP contribution in [0.1, 0.15) is 40.5 Å². The van der Waals surface area contributed by atoms with Crippen molar-refractivity contribution in [1.82, 2.24) is 0 Å². The highest BCUT2D eigenvalue weighted by Crippen LogP contribution is 2.24. The molecule has 0 atom stereocenters. The summed E-state index contributed by atoms with van der Waals surface area (Å²) in [5.41, 5.74) is -1.71. The molecule has 7 heteroatoms. The minimum Gasteiger partial charge on any atom is -0.450 e. The molecule has 0 bridgehead atoms. The SMILES string of the molecule is CC(C)(CCC(C)(C)OC(=O)O)OC(=O)O.C[Si](C)(C)C. The summed E-state index contributed by atoms with van der Waals surface area (Å²) in [6, 6.07) is 0. The van der Waals surface area contributed by atoms with Gasteiger partial charge in [-0.05, 0) is 40.5 Å². The summed E-state index contributed by atoms with van der Waals surface area (Å²) in [4.78, 5) is 20.7. The van der Waals surface area contributed by atoms with Crippen molar-refractivity contribution in [2.45, 2.75) is 77.9 Å². The molecule has 0 radical (unpaired) electrons. The number of ether oxygens (including phenoxy) is 2. The molecule has 126 valence electrons. The number of rotatable bonds is 5. The van der Waals surface area contributed by atoms with Gasteiger partial charge in [0.05, 0.1) is 0 Å². The third-order valence-electron chi connectivity index (χ3n) is 2.06. The van der Waals surface area contributed by atoms with Crippen LogP contribution in [0.25, 0.3) is 0 Å². The van der Waals surface area contributed by atoms with E-state index < -0.39 is 31.6 Å². The molecule has 0 amide bonds. The lowest BCUT2D eigenvalue weighted by molar-refractivity contribution is -0.0356. The summed E-state index contributed by atoms with van der Waals surface area (Å²) in [6.07, 6.45) is -1.94. The highest BCUT2D eigenvalue weighted by molar-refractivity contribution is 6.74. The van der Waals surface area contributed by atoms with E-state index in [0.717, 1.165) is 0 Å². The Morgan fingerprint density at radius 2 is 1.00 bits per heavy atom. The second-order valence-corrected chi connectivity index (χ2v) is 13.8. The molecule has 0 saturated carbocycles. The van der Waals surface area contributed by atoms with Crippen LogP contribution in [-0.4, -0.2) is 41.8 Å². The lowest BCUT2D eigenvalue weighted by Crippen LogP contribution is -2.33. The number of hydrogen-bond donors (Lipinski definition) is 2. The first kappa shape index (κ1) is 22.0. The van der Waals surface area contributed by atoms with E-state index in [-0.39, 0.29) is 0 Å². The molecule has 21 heavy (non-hydrogen) atoms.